The van der Waals surface area contributed by atoms with Crippen LogP contribution in [0.5, 0.6) is 0 Å². The van der Waals surface area contributed by atoms with Gasteiger partial charge in [0.05, 0.1) is 11.0 Å². The number of aromatic nitrogens is 4. The van der Waals surface area contributed by atoms with Gasteiger partial charge in [-0.15, -0.1) is 0 Å². The van der Waals surface area contributed by atoms with Gasteiger partial charge in [0.1, 0.15) is 23.7 Å². The molecule has 0 radical (unpaired) electrons. The van der Waals surface area contributed by atoms with Gasteiger partial charge in [-0.05, 0) is 12.1 Å². The van der Waals surface area contributed by atoms with Crippen LogP contribution in [0.25, 0.3) is 22.1 Å². The first-order valence-electron chi connectivity index (χ1n) is 3.98. The van der Waals surface area contributed by atoms with Crippen molar-refractivity contribution in [1.29, 1.82) is 0 Å². The van der Waals surface area contributed by atoms with Crippen LogP contribution in [0.15, 0.2) is 24.8 Å². The highest BCUT2D eigenvalue weighted by molar-refractivity contribution is 5.91. The van der Waals surface area contributed by atoms with Crippen molar-refractivity contribution < 1.29 is 10.4 Å². The second kappa shape index (κ2) is 2.16. The summed E-state index contributed by atoms with van der Waals surface area (Å²) < 4.78 is 1.84. The summed E-state index contributed by atoms with van der Waals surface area (Å²) in [6.07, 6.45) is 2.59. The molecule has 0 saturated carbocycles. The number of imidazole rings is 2. The van der Waals surface area contributed by atoms with Gasteiger partial charge < -0.3 is 10.4 Å². The lowest BCUT2D eigenvalue weighted by Gasteiger charge is -1.94. The van der Waals surface area contributed by atoms with Crippen molar-refractivity contribution in [2.24, 2.45) is 0 Å². The van der Waals surface area contributed by atoms with Crippen molar-refractivity contribution in [3.63, 3.8) is 0 Å². The van der Waals surface area contributed by atoms with E-state index < -0.39 is 0 Å². The second-order valence-corrected chi connectivity index (χ2v) is 3.01. The summed E-state index contributed by atoms with van der Waals surface area (Å²) in [5.41, 5.74) is 2.35. The van der Waals surface area contributed by atoms with Gasteiger partial charge >= 0.3 is 0 Å². The van der Waals surface area contributed by atoms with Crippen LogP contribution in [0.4, 0.5) is 0 Å². The molecule has 2 aromatic heterocycles. The van der Waals surface area contributed by atoms with E-state index in [0.717, 1.165) is 9.46 Å². The summed E-state index contributed by atoms with van der Waals surface area (Å²) in [6.45, 7) is 0. The molecule has 2 heterocycles. The molecule has 1 aromatic carbocycles. The van der Waals surface area contributed by atoms with Gasteiger partial charge in [-0.2, -0.15) is 9.46 Å². The van der Waals surface area contributed by atoms with Crippen LogP contribution in [-0.4, -0.2) is 29.8 Å². The van der Waals surface area contributed by atoms with E-state index in [1.807, 2.05) is 0 Å². The predicted octanol–water partition coefficient (Wildman–Crippen LogP) is 0.861. The highest BCUT2D eigenvalue weighted by atomic mass is 16.5. The highest BCUT2D eigenvalue weighted by Gasteiger charge is 2.07. The number of benzene rings is 1. The molecule has 0 unspecified atom stereocenters. The largest absolute Gasteiger partial charge is 0.427 e. The van der Waals surface area contributed by atoms with Crippen LogP contribution in [-0.2, 0) is 0 Å². The van der Waals surface area contributed by atoms with Crippen LogP contribution in [0.1, 0.15) is 0 Å². The van der Waals surface area contributed by atoms with Gasteiger partial charge in [0.15, 0.2) is 0 Å². The van der Waals surface area contributed by atoms with Gasteiger partial charge in [-0.25, -0.2) is 9.97 Å². The third-order valence-corrected chi connectivity index (χ3v) is 2.18. The van der Waals surface area contributed by atoms with Crippen LogP contribution < -0.4 is 0 Å². The zero-order chi connectivity index (χ0) is 9.71. The summed E-state index contributed by atoms with van der Waals surface area (Å²) in [5.74, 6) is 0. The molecule has 3 rings (SSSR count). The molecule has 3 aromatic rings. The molecule has 0 bridgehead atoms. The molecular weight excluding hydrogens is 184 g/mol. The monoisotopic (exact) mass is 190 g/mol. The minimum atomic E-state index is 0.566. The van der Waals surface area contributed by atoms with Gasteiger partial charge in [-0.3, -0.25) is 0 Å². The fourth-order valence-electron chi connectivity index (χ4n) is 1.49. The lowest BCUT2D eigenvalue weighted by Crippen LogP contribution is -1.87. The Morgan fingerprint density at radius 2 is 1.29 bits per heavy atom. The fraction of sp³-hybridized carbons (Fsp3) is 0. The molecule has 14 heavy (non-hydrogen) atoms. The lowest BCUT2D eigenvalue weighted by molar-refractivity contribution is 0.197. The third kappa shape index (κ3) is 0.743. The quantitative estimate of drug-likeness (QED) is 0.515. The molecule has 0 aliphatic rings. The Balaban J connectivity index is 2.56. The SMILES string of the molecule is On1cnc2cc3c(cc21)ncn3O. The van der Waals surface area contributed by atoms with Gasteiger partial charge in [0.25, 0.3) is 0 Å². The van der Waals surface area contributed by atoms with Gasteiger partial charge in [0, 0.05) is 0 Å². The normalized spacial score (nSPS) is 11.4. The molecule has 0 saturated heterocycles. The van der Waals surface area contributed by atoms with Crippen LogP contribution in [0, 0.1) is 0 Å². The van der Waals surface area contributed by atoms with E-state index >= 15 is 0 Å². The van der Waals surface area contributed by atoms with E-state index in [1.54, 1.807) is 12.1 Å². The number of hydrogen-bond acceptors (Lipinski definition) is 4. The molecule has 0 spiro atoms. The summed E-state index contributed by atoms with van der Waals surface area (Å²) in [4.78, 5) is 7.90. The van der Waals surface area contributed by atoms with Crippen molar-refractivity contribution in [1.82, 2.24) is 19.4 Å². The zero-order valence-electron chi connectivity index (χ0n) is 6.99. The first-order chi connectivity index (χ1) is 6.75. The fourth-order valence-corrected chi connectivity index (χ4v) is 1.49. The van der Waals surface area contributed by atoms with E-state index in [-0.39, 0.29) is 0 Å². The van der Waals surface area contributed by atoms with Crippen molar-refractivity contribution >= 4 is 22.1 Å². The topological polar surface area (TPSA) is 76.1 Å². The van der Waals surface area contributed by atoms with E-state index in [4.69, 9.17) is 0 Å². The summed E-state index contributed by atoms with van der Waals surface area (Å²) in [6, 6.07) is 3.31. The van der Waals surface area contributed by atoms with E-state index in [9.17, 15) is 10.4 Å². The van der Waals surface area contributed by atoms with Crippen LogP contribution in [0.3, 0.4) is 0 Å². The van der Waals surface area contributed by atoms with E-state index in [2.05, 4.69) is 9.97 Å². The summed E-state index contributed by atoms with van der Waals surface area (Å²) in [7, 11) is 0. The van der Waals surface area contributed by atoms with Crippen molar-refractivity contribution in [3.8, 4) is 0 Å². The number of fused-ring (bicyclic) bond motifs is 2. The van der Waals surface area contributed by atoms with Crippen LogP contribution >= 0.6 is 0 Å². The Kier molecular flexibility index (Phi) is 1.11. The third-order valence-electron chi connectivity index (χ3n) is 2.18. The number of hydrogen-bond donors (Lipinski definition) is 2. The Labute approximate surface area is 77.6 Å². The summed E-state index contributed by atoms with van der Waals surface area (Å²) in [5, 5.41) is 18.7. The molecular formula is C8H6N4O2. The molecule has 6 heteroatoms. The van der Waals surface area contributed by atoms with Crippen molar-refractivity contribution in [2.75, 3.05) is 0 Å². The van der Waals surface area contributed by atoms with E-state index in [0.29, 0.717) is 22.1 Å². The Morgan fingerprint density at radius 3 is 1.71 bits per heavy atom. The predicted molar refractivity (Wildman–Crippen MR) is 47.4 cm³/mol. The highest BCUT2D eigenvalue weighted by Crippen LogP contribution is 2.19. The maximum atomic E-state index is 9.33. The first-order valence-corrected chi connectivity index (χ1v) is 3.98. The molecule has 6 nitrogen and oxygen atoms in total. The molecule has 70 valence electrons. The smallest absolute Gasteiger partial charge is 0.133 e. The maximum absolute atomic E-state index is 9.33. The molecule has 0 aliphatic carbocycles. The first kappa shape index (κ1) is 7.19. The molecule has 0 amide bonds. The molecule has 0 atom stereocenters. The minimum absolute atomic E-state index is 0.566. The number of nitrogens with zero attached hydrogens (tertiary/aromatic N) is 4. The lowest BCUT2D eigenvalue weighted by atomic mass is 10.3. The van der Waals surface area contributed by atoms with Crippen molar-refractivity contribution in [3.05, 3.63) is 24.8 Å². The molecule has 0 fully saturated rings. The average molecular weight is 190 g/mol. The Bertz CT molecular complexity index is 568. The second-order valence-electron chi connectivity index (χ2n) is 3.01. The standard InChI is InChI=1S/C8H6N4O2/c13-11-4-10-6-2-8-5(1-7(6)11)9-3-12(8)14/h1-4,13-14H. The summed E-state index contributed by atoms with van der Waals surface area (Å²) >= 11 is 0. The Morgan fingerprint density at radius 1 is 0.857 bits per heavy atom. The maximum Gasteiger partial charge on any atom is 0.133 e. The van der Waals surface area contributed by atoms with Crippen molar-refractivity contribution in [2.45, 2.75) is 0 Å². The zero-order valence-corrected chi connectivity index (χ0v) is 6.99. The molecule has 2 N–H and O–H groups in total. The van der Waals surface area contributed by atoms with Gasteiger partial charge in [0.2, 0.25) is 0 Å². The number of rotatable bonds is 0. The molecule has 0 aliphatic heterocycles. The Hall–Kier alpha value is -2.24. The van der Waals surface area contributed by atoms with Gasteiger partial charge in [-0.1, -0.05) is 0 Å². The minimum Gasteiger partial charge on any atom is -0.427 e. The van der Waals surface area contributed by atoms with E-state index in [1.165, 1.54) is 12.7 Å². The van der Waals surface area contributed by atoms with Crippen LogP contribution in [0.2, 0.25) is 0 Å². The average Bonchev–Trinajstić information content (AvgIpc) is 2.71.